The van der Waals surface area contributed by atoms with Gasteiger partial charge >= 0.3 is 0 Å². The first-order chi connectivity index (χ1) is 7.78. The van der Waals surface area contributed by atoms with Gasteiger partial charge in [0, 0.05) is 11.4 Å². The zero-order chi connectivity index (χ0) is 11.1. The molecular weight excluding hydrogens is 309 g/mol. The normalized spacial score (nSPS) is 15.6. The average molecular weight is 326 g/mol. The molecule has 0 aromatic carbocycles. The van der Waals surface area contributed by atoms with Crippen LogP contribution in [0, 0.1) is 0 Å². The van der Waals surface area contributed by atoms with Gasteiger partial charge < -0.3 is 5.73 Å². The van der Waals surface area contributed by atoms with Gasteiger partial charge in [-0.25, -0.2) is 4.98 Å². The number of nitrogens with two attached hydrogens (primary N) is 1. The molecule has 0 atom stereocenters. The van der Waals surface area contributed by atoms with Crippen molar-refractivity contribution in [2.24, 2.45) is 0 Å². The van der Waals surface area contributed by atoms with Crippen LogP contribution in [0.3, 0.4) is 0 Å². The molecule has 3 rings (SSSR count). The Hall–Kier alpha value is -0.0700. The number of aromatic nitrogens is 1. The van der Waals surface area contributed by atoms with E-state index >= 15 is 0 Å². The van der Waals surface area contributed by atoms with Crippen LogP contribution in [0.2, 0.25) is 0 Å². The molecule has 102 valence electrons. The van der Waals surface area contributed by atoms with Gasteiger partial charge in [-0.2, -0.15) is 0 Å². The maximum atomic E-state index is 5.77. The second-order valence-electron chi connectivity index (χ2n) is 4.16. The van der Waals surface area contributed by atoms with Crippen molar-refractivity contribution in [2.45, 2.75) is 26.3 Å². The first-order valence-corrected chi connectivity index (χ1v) is 7.30. The van der Waals surface area contributed by atoms with Crippen molar-refractivity contribution in [1.29, 1.82) is 0 Å². The van der Waals surface area contributed by atoms with Crippen molar-refractivity contribution in [1.82, 2.24) is 9.88 Å². The van der Waals surface area contributed by atoms with E-state index in [0.717, 1.165) is 17.9 Å². The van der Waals surface area contributed by atoms with Crippen LogP contribution in [-0.4, -0.2) is 23.0 Å². The molecule has 0 unspecified atom stereocenters. The fourth-order valence-electron chi connectivity index (χ4n) is 2.28. The summed E-state index contributed by atoms with van der Waals surface area (Å²) < 4.78 is 1.33. The second kappa shape index (κ2) is 6.39. The molecule has 7 heteroatoms. The minimum absolute atomic E-state index is 0. The summed E-state index contributed by atoms with van der Waals surface area (Å²) in [6.45, 7) is 5.65. The van der Waals surface area contributed by atoms with E-state index in [1.165, 1.54) is 34.5 Å². The molecule has 0 bridgehead atoms. The number of fused-ring (bicyclic) bond motifs is 3. The van der Waals surface area contributed by atoms with Gasteiger partial charge in [0.2, 0.25) is 0 Å². The number of thiazole rings is 1. The van der Waals surface area contributed by atoms with Crippen LogP contribution >= 0.6 is 47.5 Å². The minimum Gasteiger partial charge on any atom is -0.375 e. The van der Waals surface area contributed by atoms with Gasteiger partial charge in [0.25, 0.3) is 0 Å². The highest BCUT2D eigenvalue weighted by atomic mass is 35.5. The van der Waals surface area contributed by atoms with Crippen molar-refractivity contribution >= 4 is 62.1 Å². The van der Waals surface area contributed by atoms with E-state index in [-0.39, 0.29) is 24.8 Å². The Morgan fingerprint density at radius 3 is 2.83 bits per heavy atom. The summed E-state index contributed by atoms with van der Waals surface area (Å²) >= 11 is 3.48. The lowest BCUT2D eigenvalue weighted by molar-refractivity contribution is 0.285. The highest BCUT2D eigenvalue weighted by molar-refractivity contribution is 7.29. The maximum absolute atomic E-state index is 5.77. The number of nitrogen functional groups attached to an aromatic ring is 1. The number of hydrogen-bond donors (Lipinski definition) is 1. The number of aryl methyl sites for hydroxylation is 1. The third-order valence-electron chi connectivity index (χ3n) is 3.15. The Morgan fingerprint density at radius 2 is 2.11 bits per heavy atom. The standard InChI is InChI=1S/C11H15N3S2.2ClH/c1-2-14-5-3-4-8-7(6-14)9-10(15-8)13-11(12)16-9;;/h2-6H2,1H3,(H2,12,13);2*1H. The van der Waals surface area contributed by atoms with Crippen LogP contribution < -0.4 is 5.73 Å². The third-order valence-corrected chi connectivity index (χ3v) is 5.41. The quantitative estimate of drug-likeness (QED) is 0.871. The zero-order valence-corrected chi connectivity index (χ0v) is 13.4. The van der Waals surface area contributed by atoms with Crippen molar-refractivity contribution in [3.63, 3.8) is 0 Å². The molecule has 2 aromatic heterocycles. The molecule has 1 aliphatic rings. The summed E-state index contributed by atoms with van der Waals surface area (Å²) in [6, 6.07) is 0. The van der Waals surface area contributed by atoms with E-state index in [4.69, 9.17) is 5.73 Å². The van der Waals surface area contributed by atoms with Crippen LogP contribution in [0.1, 0.15) is 23.8 Å². The van der Waals surface area contributed by atoms with Crippen LogP contribution in [0.25, 0.3) is 9.53 Å². The fraction of sp³-hybridized carbons (Fsp3) is 0.545. The van der Waals surface area contributed by atoms with Crippen molar-refractivity contribution < 1.29 is 0 Å². The summed E-state index contributed by atoms with van der Waals surface area (Å²) in [5.41, 5.74) is 7.27. The Bertz CT molecular complexity index is 524. The van der Waals surface area contributed by atoms with Crippen LogP contribution in [0.5, 0.6) is 0 Å². The Morgan fingerprint density at radius 1 is 1.33 bits per heavy atom. The SMILES string of the molecule is CCN1CCCc2sc3nc(N)sc3c2C1.Cl.Cl. The van der Waals surface area contributed by atoms with E-state index in [2.05, 4.69) is 16.8 Å². The Balaban J connectivity index is 0.000000810. The lowest BCUT2D eigenvalue weighted by Gasteiger charge is -2.16. The van der Waals surface area contributed by atoms with E-state index in [1.54, 1.807) is 11.3 Å². The van der Waals surface area contributed by atoms with Gasteiger partial charge in [0.15, 0.2) is 5.13 Å². The lowest BCUT2D eigenvalue weighted by Crippen LogP contribution is -2.22. The molecule has 0 spiro atoms. The molecule has 3 heterocycles. The van der Waals surface area contributed by atoms with E-state index in [9.17, 15) is 0 Å². The van der Waals surface area contributed by atoms with Crippen LogP contribution in [0.15, 0.2) is 0 Å². The van der Waals surface area contributed by atoms with E-state index < -0.39 is 0 Å². The number of anilines is 1. The van der Waals surface area contributed by atoms with Gasteiger partial charge in [0.1, 0.15) is 4.83 Å². The molecule has 0 saturated heterocycles. The van der Waals surface area contributed by atoms with Gasteiger partial charge in [-0.3, -0.25) is 4.90 Å². The molecule has 3 nitrogen and oxygen atoms in total. The first kappa shape index (κ1) is 16.0. The predicted molar refractivity (Wildman–Crippen MR) is 85.7 cm³/mol. The highest BCUT2D eigenvalue weighted by Gasteiger charge is 2.20. The third kappa shape index (κ3) is 2.75. The molecule has 0 aliphatic carbocycles. The molecule has 0 amide bonds. The van der Waals surface area contributed by atoms with Gasteiger partial charge in [-0.1, -0.05) is 18.3 Å². The first-order valence-electron chi connectivity index (χ1n) is 5.67. The van der Waals surface area contributed by atoms with E-state index in [1.807, 2.05) is 11.3 Å². The van der Waals surface area contributed by atoms with Crippen molar-refractivity contribution in [3.8, 4) is 0 Å². The second-order valence-corrected chi connectivity index (χ2v) is 6.28. The molecule has 1 aliphatic heterocycles. The van der Waals surface area contributed by atoms with Gasteiger partial charge in [-0.15, -0.1) is 36.2 Å². The highest BCUT2D eigenvalue weighted by Crippen LogP contribution is 2.38. The maximum Gasteiger partial charge on any atom is 0.181 e. The predicted octanol–water partition coefficient (Wildman–Crippen LogP) is 3.55. The van der Waals surface area contributed by atoms with Crippen LogP contribution in [0.4, 0.5) is 5.13 Å². The average Bonchev–Trinajstić information content (AvgIpc) is 2.68. The fourth-order valence-corrected chi connectivity index (χ4v) is 4.58. The molecule has 0 fully saturated rings. The smallest absolute Gasteiger partial charge is 0.181 e. The lowest BCUT2D eigenvalue weighted by atomic mass is 10.2. The summed E-state index contributed by atoms with van der Waals surface area (Å²) in [7, 11) is 0. The molecule has 0 saturated carbocycles. The summed E-state index contributed by atoms with van der Waals surface area (Å²) in [5, 5.41) is 0.705. The molecular formula is C11H17Cl2N3S2. The van der Waals surface area contributed by atoms with E-state index in [0.29, 0.717) is 5.13 Å². The summed E-state index contributed by atoms with van der Waals surface area (Å²) in [4.78, 5) is 9.58. The Kier molecular flexibility index (Phi) is 5.67. The largest absolute Gasteiger partial charge is 0.375 e. The van der Waals surface area contributed by atoms with Crippen molar-refractivity contribution in [2.75, 3.05) is 18.8 Å². The minimum atomic E-state index is 0. The topological polar surface area (TPSA) is 42.2 Å². The summed E-state index contributed by atoms with van der Waals surface area (Å²) in [5.74, 6) is 0. The molecule has 18 heavy (non-hydrogen) atoms. The number of nitrogens with zero attached hydrogens (tertiary/aromatic N) is 2. The van der Waals surface area contributed by atoms with Crippen molar-refractivity contribution in [3.05, 3.63) is 10.4 Å². The number of halogens is 2. The monoisotopic (exact) mass is 325 g/mol. The number of thiophene rings is 1. The molecule has 2 N–H and O–H groups in total. The molecule has 2 aromatic rings. The van der Waals surface area contributed by atoms with Gasteiger partial charge in [0.05, 0.1) is 4.70 Å². The zero-order valence-electron chi connectivity index (χ0n) is 10.1. The Labute approximate surface area is 127 Å². The van der Waals surface area contributed by atoms with Crippen LogP contribution in [-0.2, 0) is 13.0 Å². The van der Waals surface area contributed by atoms with Gasteiger partial charge in [-0.05, 0) is 31.5 Å². The number of rotatable bonds is 1. The summed E-state index contributed by atoms with van der Waals surface area (Å²) in [6.07, 6.45) is 2.48. The molecule has 0 radical (unpaired) electrons. The number of hydrogen-bond acceptors (Lipinski definition) is 5.